The second kappa shape index (κ2) is 9.20. The molecule has 2 atom stereocenters. The number of esters is 1. The van der Waals surface area contributed by atoms with Crippen LogP contribution in [0.2, 0.25) is 0 Å². The molecule has 162 valence electrons. The van der Waals surface area contributed by atoms with Crippen LogP contribution >= 0.6 is 0 Å². The first kappa shape index (κ1) is 20.9. The average molecular weight is 421 g/mol. The summed E-state index contributed by atoms with van der Waals surface area (Å²) in [5.74, 6) is 0.0108. The van der Waals surface area contributed by atoms with Crippen LogP contribution in [0.3, 0.4) is 0 Å². The van der Waals surface area contributed by atoms with Gasteiger partial charge in [0.15, 0.2) is 0 Å². The molecule has 1 amide bonds. The molecule has 0 aliphatic carbocycles. The van der Waals surface area contributed by atoms with Gasteiger partial charge in [-0.25, -0.2) is 4.79 Å². The summed E-state index contributed by atoms with van der Waals surface area (Å²) < 4.78 is 5.09. The first-order chi connectivity index (χ1) is 15.0. The van der Waals surface area contributed by atoms with Gasteiger partial charge in [0.2, 0.25) is 5.91 Å². The van der Waals surface area contributed by atoms with Crippen molar-refractivity contribution in [3.63, 3.8) is 0 Å². The molecule has 2 aromatic rings. The lowest BCUT2D eigenvalue weighted by molar-refractivity contribution is -0.135. The average Bonchev–Trinajstić information content (AvgIpc) is 3.42. The lowest BCUT2D eigenvalue weighted by Gasteiger charge is -2.23. The Kier molecular flexibility index (Phi) is 6.21. The van der Waals surface area contributed by atoms with Gasteiger partial charge >= 0.3 is 5.97 Å². The van der Waals surface area contributed by atoms with E-state index in [2.05, 4.69) is 22.2 Å². The number of para-hydroxylation sites is 1. The molecule has 2 aliphatic heterocycles. The van der Waals surface area contributed by atoms with E-state index in [-0.39, 0.29) is 24.6 Å². The molecule has 31 heavy (non-hydrogen) atoms. The molecule has 0 spiro atoms. The summed E-state index contributed by atoms with van der Waals surface area (Å²) in [5.41, 5.74) is 2.89. The molecule has 2 aliphatic rings. The fraction of sp³-hybridized carbons (Fsp3) is 0.375. The zero-order valence-corrected chi connectivity index (χ0v) is 18.0. The van der Waals surface area contributed by atoms with Crippen LogP contribution in [-0.4, -0.2) is 43.3 Å². The smallest absolute Gasteiger partial charge is 0.354 e. The second-order valence-electron chi connectivity index (χ2n) is 8.04. The van der Waals surface area contributed by atoms with Crippen molar-refractivity contribution >= 4 is 34.7 Å². The van der Waals surface area contributed by atoms with Crippen LogP contribution in [0.4, 0.5) is 17.1 Å². The Balaban J connectivity index is 1.48. The summed E-state index contributed by atoms with van der Waals surface area (Å²) in [7, 11) is 0. The number of amides is 1. The van der Waals surface area contributed by atoms with E-state index in [1.165, 1.54) is 12.1 Å². The number of hydrogen-bond acceptors (Lipinski definition) is 6. The van der Waals surface area contributed by atoms with Gasteiger partial charge in [0.25, 0.3) is 0 Å². The van der Waals surface area contributed by atoms with E-state index in [1.807, 2.05) is 54.6 Å². The molecule has 1 N–H and O–H groups in total. The number of carbonyl (C=O) groups excluding carboxylic acids is 2. The summed E-state index contributed by atoms with van der Waals surface area (Å²) >= 11 is 0. The standard InChI is InChI=1S/C24H28N4O3/c1-3-31-24(30)21-15-22(28(26-21)20-7-5-4-6-8-20)23(29)25-18-9-11-19(12-10-18)27-14-13-17(2)16-27/h4-12,17,22H,3,13-16H2,1-2H3,(H,25,29). The maximum absolute atomic E-state index is 13.1. The highest BCUT2D eigenvalue weighted by atomic mass is 16.5. The number of hydrazone groups is 1. The van der Waals surface area contributed by atoms with Crippen molar-refractivity contribution in [2.24, 2.45) is 11.0 Å². The minimum Gasteiger partial charge on any atom is -0.461 e. The number of rotatable bonds is 6. The summed E-state index contributed by atoms with van der Waals surface area (Å²) in [4.78, 5) is 27.7. The lowest BCUT2D eigenvalue weighted by Crippen LogP contribution is -2.38. The van der Waals surface area contributed by atoms with Gasteiger partial charge in [0.1, 0.15) is 11.8 Å². The van der Waals surface area contributed by atoms with Crippen molar-refractivity contribution in [3.05, 3.63) is 54.6 Å². The van der Waals surface area contributed by atoms with Crippen LogP contribution in [-0.2, 0) is 14.3 Å². The van der Waals surface area contributed by atoms with Crippen molar-refractivity contribution in [2.45, 2.75) is 32.7 Å². The Hall–Kier alpha value is -3.35. The molecule has 7 heteroatoms. The highest BCUT2D eigenvalue weighted by Crippen LogP contribution is 2.27. The molecule has 0 bridgehead atoms. The molecule has 2 aromatic carbocycles. The Morgan fingerprint density at radius 2 is 1.84 bits per heavy atom. The van der Waals surface area contributed by atoms with Gasteiger partial charge in [-0.2, -0.15) is 5.10 Å². The van der Waals surface area contributed by atoms with E-state index in [9.17, 15) is 9.59 Å². The molecule has 1 fully saturated rings. The largest absolute Gasteiger partial charge is 0.461 e. The zero-order valence-electron chi connectivity index (χ0n) is 18.0. The lowest BCUT2D eigenvalue weighted by atomic mass is 10.1. The summed E-state index contributed by atoms with van der Waals surface area (Å²) in [6, 6.07) is 16.7. The Morgan fingerprint density at radius 1 is 1.10 bits per heavy atom. The van der Waals surface area contributed by atoms with Gasteiger partial charge < -0.3 is 15.0 Å². The fourth-order valence-corrected chi connectivity index (χ4v) is 4.02. The van der Waals surface area contributed by atoms with E-state index in [0.717, 1.165) is 24.5 Å². The van der Waals surface area contributed by atoms with E-state index in [0.29, 0.717) is 5.92 Å². The number of ether oxygens (including phenoxy) is 1. The van der Waals surface area contributed by atoms with Gasteiger partial charge in [-0.3, -0.25) is 9.80 Å². The van der Waals surface area contributed by atoms with E-state index in [1.54, 1.807) is 11.9 Å². The van der Waals surface area contributed by atoms with Crippen molar-refractivity contribution in [3.8, 4) is 0 Å². The molecule has 0 radical (unpaired) electrons. The Morgan fingerprint density at radius 3 is 2.48 bits per heavy atom. The van der Waals surface area contributed by atoms with Gasteiger partial charge in [0, 0.05) is 30.9 Å². The molecule has 2 heterocycles. The van der Waals surface area contributed by atoms with Crippen molar-refractivity contribution in [1.29, 1.82) is 0 Å². The maximum Gasteiger partial charge on any atom is 0.354 e. The van der Waals surface area contributed by atoms with Gasteiger partial charge in [-0.15, -0.1) is 0 Å². The van der Waals surface area contributed by atoms with E-state index < -0.39 is 12.0 Å². The monoisotopic (exact) mass is 420 g/mol. The summed E-state index contributed by atoms with van der Waals surface area (Å²) in [5, 5.41) is 8.98. The zero-order chi connectivity index (χ0) is 21.8. The highest BCUT2D eigenvalue weighted by Gasteiger charge is 2.36. The molecular formula is C24H28N4O3. The van der Waals surface area contributed by atoms with E-state index in [4.69, 9.17) is 4.74 Å². The fourth-order valence-electron chi connectivity index (χ4n) is 4.02. The predicted molar refractivity (Wildman–Crippen MR) is 122 cm³/mol. The van der Waals surface area contributed by atoms with E-state index >= 15 is 0 Å². The van der Waals surface area contributed by atoms with Crippen LogP contribution < -0.4 is 15.2 Å². The number of anilines is 3. The number of nitrogens with one attached hydrogen (secondary N) is 1. The summed E-state index contributed by atoms with van der Waals surface area (Å²) in [6.07, 6.45) is 1.40. The van der Waals surface area contributed by atoms with Crippen LogP contribution in [0.25, 0.3) is 0 Å². The molecule has 2 unspecified atom stereocenters. The first-order valence-electron chi connectivity index (χ1n) is 10.8. The third-order valence-electron chi connectivity index (χ3n) is 5.67. The molecule has 4 rings (SSSR count). The third-order valence-corrected chi connectivity index (χ3v) is 5.67. The molecule has 0 saturated carbocycles. The SMILES string of the molecule is CCOC(=O)C1=NN(c2ccccc2)C(C(=O)Nc2ccc(N3CCC(C)C3)cc2)C1. The normalized spacial score (nSPS) is 20.5. The van der Waals surface area contributed by atoms with Gasteiger partial charge in [-0.1, -0.05) is 25.1 Å². The number of nitrogens with zero attached hydrogens (tertiary/aromatic N) is 3. The number of benzene rings is 2. The van der Waals surface area contributed by atoms with Crippen LogP contribution in [0, 0.1) is 5.92 Å². The third kappa shape index (κ3) is 4.71. The Labute approximate surface area is 182 Å². The maximum atomic E-state index is 13.1. The number of carbonyl (C=O) groups is 2. The van der Waals surface area contributed by atoms with Crippen LogP contribution in [0.15, 0.2) is 59.7 Å². The molecular weight excluding hydrogens is 392 g/mol. The van der Waals surface area contributed by atoms with Crippen LogP contribution in [0.5, 0.6) is 0 Å². The molecule has 7 nitrogen and oxygen atoms in total. The van der Waals surface area contributed by atoms with Gasteiger partial charge in [-0.05, 0) is 55.7 Å². The van der Waals surface area contributed by atoms with Crippen molar-refractivity contribution in [1.82, 2.24) is 0 Å². The van der Waals surface area contributed by atoms with Crippen molar-refractivity contribution in [2.75, 3.05) is 34.9 Å². The molecule has 1 saturated heterocycles. The van der Waals surface area contributed by atoms with Crippen LogP contribution in [0.1, 0.15) is 26.7 Å². The number of hydrogen-bond donors (Lipinski definition) is 1. The van der Waals surface area contributed by atoms with Crippen molar-refractivity contribution < 1.29 is 14.3 Å². The highest BCUT2D eigenvalue weighted by molar-refractivity contribution is 6.38. The van der Waals surface area contributed by atoms with Gasteiger partial charge in [0.05, 0.1) is 12.3 Å². The predicted octanol–water partition coefficient (Wildman–Crippen LogP) is 3.67. The molecule has 0 aromatic heterocycles. The minimum absolute atomic E-state index is 0.198. The first-order valence-corrected chi connectivity index (χ1v) is 10.8. The minimum atomic E-state index is -0.624. The quantitative estimate of drug-likeness (QED) is 0.722. The Bertz CT molecular complexity index is 959. The second-order valence-corrected chi connectivity index (χ2v) is 8.04. The summed E-state index contributed by atoms with van der Waals surface area (Å²) in [6.45, 7) is 6.41. The topological polar surface area (TPSA) is 74.2 Å².